The summed E-state index contributed by atoms with van der Waals surface area (Å²) in [6.07, 6.45) is 1.90. The van der Waals surface area contributed by atoms with Crippen molar-refractivity contribution in [1.82, 2.24) is 19.7 Å². The quantitative estimate of drug-likeness (QED) is 0.417. The van der Waals surface area contributed by atoms with Crippen molar-refractivity contribution in [2.24, 2.45) is 0 Å². The highest BCUT2D eigenvalue weighted by molar-refractivity contribution is 7.98. The molecule has 7 heteroatoms. The first-order chi connectivity index (χ1) is 13.2. The largest absolute Gasteiger partial charge is 0.425 e. The van der Waals surface area contributed by atoms with Crippen molar-refractivity contribution in [3.05, 3.63) is 83.2 Å². The Morgan fingerprint density at radius 1 is 1.04 bits per heavy atom. The van der Waals surface area contributed by atoms with Crippen LogP contribution in [0.1, 0.15) is 17.3 Å². The lowest BCUT2D eigenvalue weighted by Gasteiger charge is -2.12. The van der Waals surface area contributed by atoms with E-state index in [0.717, 1.165) is 23.0 Å². The van der Waals surface area contributed by atoms with Crippen LogP contribution in [-0.4, -0.2) is 19.7 Å². The minimum atomic E-state index is 0.570. The maximum atomic E-state index is 6.04. The van der Waals surface area contributed by atoms with E-state index < -0.39 is 0 Å². The highest BCUT2D eigenvalue weighted by Gasteiger charge is 2.14. The van der Waals surface area contributed by atoms with E-state index in [1.807, 2.05) is 48.7 Å². The summed E-state index contributed by atoms with van der Waals surface area (Å²) in [5.74, 6) is 1.74. The Labute approximate surface area is 166 Å². The van der Waals surface area contributed by atoms with Gasteiger partial charge in [0.05, 0.1) is 24.2 Å². The van der Waals surface area contributed by atoms with E-state index in [9.17, 15) is 0 Å². The number of halogens is 1. The molecule has 0 fully saturated rings. The molecule has 0 radical (unpaired) electrons. The van der Waals surface area contributed by atoms with Crippen LogP contribution in [-0.2, 0) is 12.3 Å². The van der Waals surface area contributed by atoms with Gasteiger partial charge in [0, 0.05) is 11.9 Å². The molecule has 27 heavy (non-hydrogen) atoms. The maximum absolute atomic E-state index is 6.04. The molecule has 0 atom stereocenters. The fourth-order valence-electron chi connectivity index (χ4n) is 2.77. The number of thioether (sulfide) groups is 1. The molecule has 0 aliphatic heterocycles. The number of nitrogens with zero attached hydrogens (tertiary/aromatic N) is 4. The van der Waals surface area contributed by atoms with Gasteiger partial charge in [-0.15, -0.1) is 10.2 Å². The average Bonchev–Trinajstić information content (AvgIpc) is 3.28. The second kappa shape index (κ2) is 7.98. The molecule has 0 bridgehead atoms. The molecule has 0 saturated heterocycles. The Balaban J connectivity index is 1.66. The number of rotatable bonds is 6. The second-order valence-electron chi connectivity index (χ2n) is 6.01. The zero-order valence-electron chi connectivity index (χ0n) is 14.7. The van der Waals surface area contributed by atoms with Gasteiger partial charge in [-0.3, -0.25) is 0 Å². The first kappa shape index (κ1) is 17.8. The van der Waals surface area contributed by atoms with E-state index >= 15 is 0 Å². The fraction of sp³-hybridized carbons (Fsp3) is 0.150. The zero-order valence-corrected chi connectivity index (χ0v) is 16.2. The predicted octanol–water partition coefficient (Wildman–Crippen LogP) is 5.24. The number of aromatic nitrogens is 4. The molecule has 4 rings (SSSR count). The van der Waals surface area contributed by atoms with Crippen LogP contribution < -0.4 is 0 Å². The van der Waals surface area contributed by atoms with E-state index in [2.05, 4.69) is 31.9 Å². The summed E-state index contributed by atoms with van der Waals surface area (Å²) in [5.41, 5.74) is 3.32. The Morgan fingerprint density at radius 2 is 1.81 bits per heavy atom. The lowest BCUT2D eigenvalue weighted by Crippen LogP contribution is -2.04. The Hall–Kier alpha value is -2.57. The van der Waals surface area contributed by atoms with Crippen molar-refractivity contribution in [2.45, 2.75) is 24.4 Å². The highest BCUT2D eigenvalue weighted by atomic mass is 35.5. The van der Waals surface area contributed by atoms with Crippen molar-refractivity contribution in [3.63, 3.8) is 0 Å². The van der Waals surface area contributed by atoms with E-state index in [4.69, 9.17) is 16.0 Å². The van der Waals surface area contributed by atoms with Gasteiger partial charge in [-0.1, -0.05) is 65.8 Å². The third-order valence-electron chi connectivity index (χ3n) is 4.04. The van der Waals surface area contributed by atoms with Crippen LogP contribution in [0.4, 0.5) is 0 Å². The van der Waals surface area contributed by atoms with E-state index in [1.54, 1.807) is 18.7 Å². The lowest BCUT2D eigenvalue weighted by molar-refractivity contribution is 0.485. The van der Waals surface area contributed by atoms with E-state index in [-0.39, 0.29) is 0 Å². The first-order valence-electron chi connectivity index (χ1n) is 8.46. The molecule has 5 nitrogen and oxygen atoms in total. The van der Waals surface area contributed by atoms with E-state index in [1.165, 1.54) is 5.56 Å². The van der Waals surface area contributed by atoms with Gasteiger partial charge in [0.15, 0.2) is 5.16 Å². The van der Waals surface area contributed by atoms with Crippen LogP contribution in [0.2, 0.25) is 5.02 Å². The lowest BCUT2D eigenvalue weighted by atomic mass is 10.1. The average molecular weight is 397 g/mol. The molecule has 0 N–H and O–H groups in total. The summed E-state index contributed by atoms with van der Waals surface area (Å²) in [6.45, 7) is 2.51. The normalized spacial score (nSPS) is 11.0. The summed E-state index contributed by atoms with van der Waals surface area (Å²) < 4.78 is 7.67. The molecule has 0 spiro atoms. The molecular weight excluding hydrogens is 380 g/mol. The predicted molar refractivity (Wildman–Crippen MR) is 107 cm³/mol. The van der Waals surface area contributed by atoms with Crippen molar-refractivity contribution in [2.75, 3.05) is 0 Å². The van der Waals surface area contributed by atoms with Gasteiger partial charge in [-0.2, -0.15) is 0 Å². The van der Waals surface area contributed by atoms with Crippen molar-refractivity contribution in [1.29, 1.82) is 0 Å². The van der Waals surface area contributed by atoms with Crippen LogP contribution in [0.25, 0.3) is 11.3 Å². The standard InChI is InChI=1S/C20H17ClN4OS/c1-14-23-24-19(26-14)13-27-20-22-11-18(16-7-9-17(21)10-8-16)25(20)12-15-5-3-2-4-6-15/h2-11H,12-13H2,1H3. The summed E-state index contributed by atoms with van der Waals surface area (Å²) >= 11 is 7.62. The van der Waals surface area contributed by atoms with Crippen LogP contribution in [0, 0.1) is 6.92 Å². The van der Waals surface area contributed by atoms with Crippen LogP contribution >= 0.6 is 23.4 Å². The number of aryl methyl sites for hydroxylation is 1. The van der Waals surface area contributed by atoms with Gasteiger partial charge < -0.3 is 8.98 Å². The monoisotopic (exact) mass is 396 g/mol. The van der Waals surface area contributed by atoms with Crippen molar-refractivity contribution < 1.29 is 4.42 Å². The molecule has 2 aromatic heterocycles. The first-order valence-corrected chi connectivity index (χ1v) is 9.82. The number of hydrogen-bond donors (Lipinski definition) is 0. The molecule has 0 amide bonds. The van der Waals surface area contributed by atoms with Gasteiger partial charge in [0.2, 0.25) is 11.8 Å². The topological polar surface area (TPSA) is 56.7 Å². The Morgan fingerprint density at radius 3 is 2.52 bits per heavy atom. The van der Waals surface area contributed by atoms with Gasteiger partial charge >= 0.3 is 0 Å². The molecule has 0 saturated carbocycles. The van der Waals surface area contributed by atoms with Gasteiger partial charge in [0.25, 0.3) is 0 Å². The Bertz CT molecular complexity index is 1030. The van der Waals surface area contributed by atoms with Gasteiger partial charge in [0.1, 0.15) is 0 Å². The molecule has 2 aromatic carbocycles. The summed E-state index contributed by atoms with van der Waals surface area (Å²) in [4.78, 5) is 4.64. The number of benzene rings is 2. The number of hydrogen-bond acceptors (Lipinski definition) is 5. The summed E-state index contributed by atoms with van der Waals surface area (Å²) in [5, 5.41) is 9.56. The smallest absolute Gasteiger partial charge is 0.226 e. The molecule has 0 aliphatic carbocycles. The van der Waals surface area contributed by atoms with Crippen LogP contribution in [0.3, 0.4) is 0 Å². The van der Waals surface area contributed by atoms with E-state index in [0.29, 0.717) is 22.6 Å². The SMILES string of the molecule is Cc1nnc(CSc2ncc(-c3ccc(Cl)cc3)n2Cc2ccccc2)o1. The van der Waals surface area contributed by atoms with Gasteiger partial charge in [-0.05, 0) is 23.3 Å². The second-order valence-corrected chi connectivity index (χ2v) is 7.39. The fourth-order valence-corrected chi connectivity index (χ4v) is 3.71. The van der Waals surface area contributed by atoms with Gasteiger partial charge in [-0.25, -0.2) is 4.98 Å². The van der Waals surface area contributed by atoms with Crippen molar-refractivity contribution in [3.8, 4) is 11.3 Å². The molecule has 0 aliphatic rings. The Kier molecular flexibility index (Phi) is 5.27. The van der Waals surface area contributed by atoms with Crippen LogP contribution in [0.5, 0.6) is 0 Å². The summed E-state index contributed by atoms with van der Waals surface area (Å²) in [7, 11) is 0. The van der Waals surface area contributed by atoms with Crippen molar-refractivity contribution >= 4 is 23.4 Å². The molecule has 0 unspecified atom stereocenters. The number of imidazole rings is 1. The molecule has 136 valence electrons. The summed E-state index contributed by atoms with van der Waals surface area (Å²) in [6, 6.07) is 18.1. The zero-order chi connectivity index (χ0) is 18.6. The minimum Gasteiger partial charge on any atom is -0.425 e. The maximum Gasteiger partial charge on any atom is 0.226 e. The highest BCUT2D eigenvalue weighted by Crippen LogP contribution is 2.29. The minimum absolute atomic E-state index is 0.570. The molecule has 4 aromatic rings. The molecular formula is C20H17ClN4OS. The third kappa shape index (κ3) is 4.23. The third-order valence-corrected chi connectivity index (χ3v) is 5.26. The van der Waals surface area contributed by atoms with Crippen LogP contribution in [0.15, 0.2) is 70.4 Å². The molecule has 2 heterocycles.